The summed E-state index contributed by atoms with van der Waals surface area (Å²) in [4.78, 5) is 40.1. The Labute approximate surface area is 176 Å². The molecular weight excluding hydrogens is 382 g/mol. The van der Waals surface area contributed by atoms with E-state index in [1.54, 1.807) is 23.8 Å². The number of nitro groups is 1. The first-order chi connectivity index (χ1) is 14.2. The van der Waals surface area contributed by atoms with Gasteiger partial charge in [-0.05, 0) is 55.5 Å². The fourth-order valence-corrected chi connectivity index (χ4v) is 3.87. The summed E-state index contributed by atoms with van der Waals surface area (Å²) in [5.41, 5.74) is 2.72. The summed E-state index contributed by atoms with van der Waals surface area (Å²) in [5.74, 6) is -0.0445. The van der Waals surface area contributed by atoms with Crippen molar-refractivity contribution in [3.05, 3.63) is 69.3 Å². The SMILES string of the molecule is Cc1cc(C(=O)N2CCCC2C(=O)N(C)c2cccc(C(C)C)c2)ccc1[N+](=O)[O-]. The number of hydrogen-bond acceptors (Lipinski definition) is 4. The summed E-state index contributed by atoms with van der Waals surface area (Å²) >= 11 is 0. The maximum Gasteiger partial charge on any atom is 0.272 e. The van der Waals surface area contributed by atoms with Crippen LogP contribution in [0.25, 0.3) is 0 Å². The molecule has 1 fully saturated rings. The Hall–Kier alpha value is -3.22. The van der Waals surface area contributed by atoms with Gasteiger partial charge >= 0.3 is 0 Å². The average molecular weight is 409 g/mol. The molecule has 7 nitrogen and oxygen atoms in total. The van der Waals surface area contributed by atoms with Crippen molar-refractivity contribution in [2.45, 2.75) is 45.6 Å². The van der Waals surface area contributed by atoms with Gasteiger partial charge in [0.1, 0.15) is 6.04 Å². The first-order valence-corrected chi connectivity index (χ1v) is 10.1. The van der Waals surface area contributed by atoms with Crippen LogP contribution >= 0.6 is 0 Å². The summed E-state index contributed by atoms with van der Waals surface area (Å²) in [7, 11) is 1.73. The molecule has 1 heterocycles. The van der Waals surface area contributed by atoms with Crippen LogP contribution in [0.4, 0.5) is 11.4 Å². The first-order valence-electron chi connectivity index (χ1n) is 10.1. The van der Waals surface area contributed by atoms with Crippen molar-refractivity contribution >= 4 is 23.2 Å². The molecule has 0 radical (unpaired) electrons. The summed E-state index contributed by atoms with van der Waals surface area (Å²) in [6, 6.07) is 11.7. The summed E-state index contributed by atoms with van der Waals surface area (Å²) in [6.45, 7) is 6.30. The van der Waals surface area contributed by atoms with Gasteiger partial charge in [0.25, 0.3) is 11.6 Å². The van der Waals surface area contributed by atoms with E-state index < -0.39 is 11.0 Å². The molecule has 3 rings (SSSR count). The molecule has 0 bridgehead atoms. The van der Waals surface area contributed by atoms with Crippen LogP contribution in [-0.2, 0) is 4.79 Å². The summed E-state index contributed by atoms with van der Waals surface area (Å²) in [6.07, 6.45) is 1.35. The average Bonchev–Trinajstić information content (AvgIpc) is 3.21. The Kier molecular flexibility index (Phi) is 6.20. The van der Waals surface area contributed by atoms with Crippen molar-refractivity contribution < 1.29 is 14.5 Å². The molecule has 2 amide bonds. The number of likely N-dealkylation sites (N-methyl/N-ethyl adjacent to an activating group) is 1. The smallest absolute Gasteiger partial charge is 0.272 e. The zero-order valence-electron chi connectivity index (χ0n) is 17.8. The second kappa shape index (κ2) is 8.65. The van der Waals surface area contributed by atoms with Crippen molar-refractivity contribution in [1.29, 1.82) is 0 Å². The van der Waals surface area contributed by atoms with Gasteiger partial charge in [-0.15, -0.1) is 0 Å². The van der Waals surface area contributed by atoms with Crippen LogP contribution in [0.3, 0.4) is 0 Å². The molecule has 2 aromatic rings. The molecule has 7 heteroatoms. The standard InChI is InChI=1S/C23H27N3O4/c1-15(2)17-7-5-8-19(14-17)24(4)23(28)21-9-6-12-25(21)22(27)18-10-11-20(26(29)30)16(3)13-18/h5,7-8,10-11,13-15,21H,6,9,12H2,1-4H3. The normalized spacial score (nSPS) is 16.0. The number of benzene rings is 2. The lowest BCUT2D eigenvalue weighted by Gasteiger charge is -2.28. The number of likely N-dealkylation sites (tertiary alicyclic amines) is 1. The van der Waals surface area contributed by atoms with Crippen molar-refractivity contribution in [2.75, 3.05) is 18.5 Å². The Morgan fingerprint density at radius 2 is 1.93 bits per heavy atom. The third kappa shape index (κ3) is 4.20. The van der Waals surface area contributed by atoms with Gasteiger partial charge in [-0.3, -0.25) is 19.7 Å². The van der Waals surface area contributed by atoms with Crippen LogP contribution in [0.15, 0.2) is 42.5 Å². The number of nitrogens with zero attached hydrogens (tertiary/aromatic N) is 3. The number of carbonyl (C=O) groups excluding carboxylic acids is 2. The Bertz CT molecular complexity index is 986. The Morgan fingerprint density at radius 3 is 2.57 bits per heavy atom. The van der Waals surface area contributed by atoms with E-state index in [1.807, 2.05) is 24.3 Å². The zero-order chi connectivity index (χ0) is 22.0. The fraction of sp³-hybridized carbons (Fsp3) is 0.391. The largest absolute Gasteiger partial charge is 0.327 e. The number of aryl methyl sites for hydroxylation is 1. The van der Waals surface area contributed by atoms with Gasteiger partial charge in [0.15, 0.2) is 0 Å². The van der Waals surface area contributed by atoms with E-state index in [9.17, 15) is 19.7 Å². The first kappa shape index (κ1) is 21.5. The highest BCUT2D eigenvalue weighted by Gasteiger charge is 2.36. The van der Waals surface area contributed by atoms with Crippen molar-refractivity contribution in [3.8, 4) is 0 Å². The van der Waals surface area contributed by atoms with Crippen molar-refractivity contribution in [3.63, 3.8) is 0 Å². The molecule has 1 aliphatic rings. The molecule has 1 aliphatic heterocycles. The monoisotopic (exact) mass is 409 g/mol. The van der Waals surface area contributed by atoms with E-state index in [1.165, 1.54) is 18.2 Å². The molecule has 1 saturated heterocycles. The van der Waals surface area contributed by atoms with Gasteiger partial charge < -0.3 is 9.80 Å². The molecule has 2 aromatic carbocycles. The van der Waals surface area contributed by atoms with E-state index in [2.05, 4.69) is 13.8 Å². The van der Waals surface area contributed by atoms with Crippen LogP contribution in [0.2, 0.25) is 0 Å². The quantitative estimate of drug-likeness (QED) is 0.545. The fourth-order valence-electron chi connectivity index (χ4n) is 3.87. The van der Waals surface area contributed by atoms with E-state index >= 15 is 0 Å². The lowest BCUT2D eigenvalue weighted by molar-refractivity contribution is -0.385. The van der Waals surface area contributed by atoms with E-state index in [4.69, 9.17) is 0 Å². The Balaban J connectivity index is 1.82. The Morgan fingerprint density at radius 1 is 1.20 bits per heavy atom. The molecule has 0 saturated carbocycles. The van der Waals surface area contributed by atoms with Crippen LogP contribution < -0.4 is 4.90 Å². The summed E-state index contributed by atoms with van der Waals surface area (Å²) in [5, 5.41) is 11.0. The predicted molar refractivity (Wildman–Crippen MR) is 116 cm³/mol. The number of rotatable bonds is 5. The highest BCUT2D eigenvalue weighted by molar-refractivity contribution is 6.02. The third-order valence-corrected chi connectivity index (χ3v) is 5.69. The number of hydrogen-bond donors (Lipinski definition) is 0. The highest BCUT2D eigenvalue weighted by atomic mass is 16.6. The highest BCUT2D eigenvalue weighted by Crippen LogP contribution is 2.27. The van der Waals surface area contributed by atoms with Crippen LogP contribution in [0.5, 0.6) is 0 Å². The third-order valence-electron chi connectivity index (χ3n) is 5.69. The van der Waals surface area contributed by atoms with E-state index in [0.717, 1.165) is 17.7 Å². The lowest BCUT2D eigenvalue weighted by Crippen LogP contribution is -2.46. The molecule has 0 N–H and O–H groups in total. The number of anilines is 1. The summed E-state index contributed by atoms with van der Waals surface area (Å²) < 4.78 is 0. The van der Waals surface area contributed by atoms with Gasteiger partial charge in [0.05, 0.1) is 4.92 Å². The van der Waals surface area contributed by atoms with Gasteiger partial charge in [-0.25, -0.2) is 0 Å². The maximum atomic E-state index is 13.2. The molecule has 158 valence electrons. The number of carbonyl (C=O) groups is 2. The topological polar surface area (TPSA) is 83.8 Å². The minimum Gasteiger partial charge on any atom is -0.327 e. The number of nitro benzene ring substituents is 1. The van der Waals surface area contributed by atoms with Crippen LogP contribution in [0.1, 0.15) is 54.1 Å². The minimum absolute atomic E-state index is 0.0228. The van der Waals surface area contributed by atoms with Crippen molar-refractivity contribution in [1.82, 2.24) is 4.90 Å². The van der Waals surface area contributed by atoms with E-state index in [0.29, 0.717) is 30.0 Å². The number of amides is 2. The van der Waals surface area contributed by atoms with Crippen LogP contribution in [0, 0.1) is 17.0 Å². The predicted octanol–water partition coefficient (Wildman–Crippen LogP) is 4.29. The van der Waals surface area contributed by atoms with Gasteiger partial charge in [-0.1, -0.05) is 26.0 Å². The second-order valence-corrected chi connectivity index (χ2v) is 8.06. The maximum absolute atomic E-state index is 13.2. The molecule has 0 spiro atoms. The molecule has 1 atom stereocenters. The van der Waals surface area contributed by atoms with Crippen LogP contribution in [-0.4, -0.2) is 41.3 Å². The molecule has 30 heavy (non-hydrogen) atoms. The molecular formula is C23H27N3O4. The minimum atomic E-state index is -0.541. The molecule has 0 aliphatic carbocycles. The lowest BCUT2D eigenvalue weighted by atomic mass is 10.0. The molecule has 1 unspecified atom stereocenters. The van der Waals surface area contributed by atoms with Crippen molar-refractivity contribution in [2.24, 2.45) is 0 Å². The van der Waals surface area contributed by atoms with Gasteiger partial charge in [-0.2, -0.15) is 0 Å². The second-order valence-electron chi connectivity index (χ2n) is 8.06. The zero-order valence-corrected chi connectivity index (χ0v) is 17.8. The van der Waals surface area contributed by atoms with Gasteiger partial charge in [0, 0.05) is 36.5 Å². The van der Waals surface area contributed by atoms with Gasteiger partial charge in [0.2, 0.25) is 5.91 Å². The van der Waals surface area contributed by atoms with E-state index in [-0.39, 0.29) is 17.5 Å². The molecule has 0 aromatic heterocycles.